The van der Waals surface area contributed by atoms with Crippen LogP contribution in [-0.4, -0.2) is 11.9 Å². The van der Waals surface area contributed by atoms with Gasteiger partial charge in [-0.05, 0) is 23.8 Å². The molecule has 6 N–H and O–H groups in total. The number of nitriles is 1. The second-order valence-electron chi connectivity index (χ2n) is 4.22. The van der Waals surface area contributed by atoms with Gasteiger partial charge in [0.1, 0.15) is 0 Å². The van der Waals surface area contributed by atoms with Crippen molar-refractivity contribution in [2.45, 2.75) is 0 Å². The first-order chi connectivity index (χ1) is 10.1. The molecule has 0 aliphatic carbocycles. The van der Waals surface area contributed by atoms with Gasteiger partial charge in [-0.15, -0.1) is 0 Å². The Bertz CT molecular complexity index is 751. The topological polar surface area (TPSA) is 127 Å². The van der Waals surface area contributed by atoms with Crippen molar-refractivity contribution in [1.82, 2.24) is 0 Å². The lowest BCUT2D eigenvalue weighted by Gasteiger charge is -2.06. The molecule has 0 aromatic heterocycles. The van der Waals surface area contributed by atoms with E-state index in [1.807, 2.05) is 30.3 Å². The summed E-state index contributed by atoms with van der Waals surface area (Å²) in [7, 11) is 0. The Morgan fingerprint density at radius 1 is 1.00 bits per heavy atom. The van der Waals surface area contributed by atoms with Crippen molar-refractivity contribution in [2.24, 2.45) is 27.2 Å². The van der Waals surface area contributed by atoms with Crippen LogP contribution in [-0.2, 0) is 0 Å². The van der Waals surface area contributed by atoms with Crippen molar-refractivity contribution in [1.29, 1.82) is 5.26 Å². The summed E-state index contributed by atoms with van der Waals surface area (Å²) < 4.78 is 0. The Morgan fingerprint density at radius 2 is 1.76 bits per heavy atom. The lowest BCUT2D eigenvalue weighted by molar-refractivity contribution is 1.38. The summed E-state index contributed by atoms with van der Waals surface area (Å²) in [5, 5.41) is 8.98. The van der Waals surface area contributed by atoms with Crippen molar-refractivity contribution >= 4 is 17.6 Å². The largest absolute Gasteiger partial charge is 0.370 e. The number of guanidine groups is 2. The average Bonchev–Trinajstić information content (AvgIpc) is 2.47. The molecule has 0 heterocycles. The third-order valence-corrected chi connectivity index (χ3v) is 2.69. The zero-order chi connectivity index (χ0) is 15.2. The van der Waals surface area contributed by atoms with Gasteiger partial charge in [-0.3, -0.25) is 0 Å². The first-order valence-electron chi connectivity index (χ1n) is 6.13. The van der Waals surface area contributed by atoms with Crippen molar-refractivity contribution in [3.05, 3.63) is 54.1 Å². The Balaban J connectivity index is 2.51. The lowest BCUT2D eigenvalue weighted by atomic mass is 10.0. The van der Waals surface area contributed by atoms with Crippen LogP contribution in [0.4, 0.5) is 5.69 Å². The minimum Gasteiger partial charge on any atom is -0.370 e. The average molecular weight is 278 g/mol. The van der Waals surface area contributed by atoms with Gasteiger partial charge in [-0.2, -0.15) is 10.3 Å². The van der Waals surface area contributed by atoms with E-state index in [4.69, 9.17) is 22.5 Å². The lowest BCUT2D eigenvalue weighted by Crippen LogP contribution is -2.26. The first-order valence-corrected chi connectivity index (χ1v) is 6.13. The molecule has 2 aromatic carbocycles. The van der Waals surface area contributed by atoms with Crippen molar-refractivity contribution in [3.8, 4) is 17.2 Å². The summed E-state index contributed by atoms with van der Waals surface area (Å²) in [6, 6.07) is 16.7. The normalized spacial score (nSPS) is 10.7. The van der Waals surface area contributed by atoms with Crippen LogP contribution in [0.25, 0.3) is 11.1 Å². The molecule has 0 atom stereocenters. The molecule has 0 saturated carbocycles. The molecule has 2 aromatic rings. The highest BCUT2D eigenvalue weighted by atomic mass is 15.1. The summed E-state index contributed by atoms with van der Waals surface area (Å²) >= 11 is 0. The molecule has 6 heteroatoms. The molecular formula is C15H14N6. The first kappa shape index (κ1) is 14.1. The second-order valence-corrected chi connectivity index (χ2v) is 4.22. The van der Waals surface area contributed by atoms with Crippen molar-refractivity contribution < 1.29 is 0 Å². The number of hydrogen-bond acceptors (Lipinski definition) is 2. The molecule has 0 fully saturated rings. The van der Waals surface area contributed by atoms with Crippen LogP contribution in [0.3, 0.4) is 0 Å². The van der Waals surface area contributed by atoms with Gasteiger partial charge in [0.25, 0.3) is 0 Å². The van der Waals surface area contributed by atoms with Crippen LogP contribution in [0.2, 0.25) is 0 Å². The van der Waals surface area contributed by atoms with E-state index in [1.165, 1.54) is 0 Å². The van der Waals surface area contributed by atoms with Gasteiger partial charge in [0.05, 0.1) is 17.3 Å². The predicted molar refractivity (Wildman–Crippen MR) is 83.7 cm³/mol. The standard InChI is InChI=1S/C15H14N6/c16-9-10-4-3-5-11(8-10)12-6-1-2-7-13(12)20-15(19)21-14(17)18/h1-8H,(H6,17,18,19,20,21). The number of rotatable bonds is 2. The van der Waals surface area contributed by atoms with Gasteiger partial charge < -0.3 is 17.2 Å². The SMILES string of the molecule is N#Cc1cccc(-c2ccccc2N=C(N)N=C(N)N)c1. The minimum absolute atomic E-state index is 0.0288. The highest BCUT2D eigenvalue weighted by Gasteiger charge is 2.05. The van der Waals surface area contributed by atoms with Gasteiger partial charge in [0.15, 0.2) is 5.96 Å². The summed E-state index contributed by atoms with van der Waals surface area (Å²) in [6.07, 6.45) is 0. The molecule has 6 nitrogen and oxygen atoms in total. The van der Waals surface area contributed by atoms with Gasteiger partial charge in [-0.25, -0.2) is 4.99 Å². The number of nitrogens with two attached hydrogens (primary N) is 3. The number of hydrogen-bond donors (Lipinski definition) is 3. The Labute approximate surface area is 122 Å². The maximum atomic E-state index is 8.98. The van der Waals surface area contributed by atoms with E-state index in [0.29, 0.717) is 11.3 Å². The molecule has 104 valence electrons. The third kappa shape index (κ3) is 3.58. The van der Waals surface area contributed by atoms with Crippen molar-refractivity contribution in [2.75, 3.05) is 0 Å². The third-order valence-electron chi connectivity index (χ3n) is 2.69. The fraction of sp³-hybridized carbons (Fsp3) is 0. The molecule has 0 unspecified atom stereocenters. The number of nitrogens with zero attached hydrogens (tertiary/aromatic N) is 3. The fourth-order valence-electron chi connectivity index (χ4n) is 1.85. The minimum atomic E-state index is -0.153. The molecule has 0 radical (unpaired) electrons. The van der Waals surface area contributed by atoms with Crippen LogP contribution < -0.4 is 17.2 Å². The van der Waals surface area contributed by atoms with E-state index in [0.717, 1.165) is 11.1 Å². The Hall–Kier alpha value is -3.33. The van der Waals surface area contributed by atoms with E-state index < -0.39 is 0 Å². The van der Waals surface area contributed by atoms with E-state index in [1.54, 1.807) is 18.2 Å². The highest BCUT2D eigenvalue weighted by Crippen LogP contribution is 2.30. The summed E-state index contributed by atoms with van der Waals surface area (Å²) in [6.45, 7) is 0. The zero-order valence-electron chi connectivity index (χ0n) is 11.2. The van der Waals surface area contributed by atoms with Gasteiger partial charge in [-0.1, -0.05) is 30.3 Å². The number of benzene rings is 2. The number of aliphatic imine (C=N–C) groups is 2. The molecular weight excluding hydrogens is 264 g/mol. The molecule has 0 bridgehead atoms. The van der Waals surface area contributed by atoms with Crippen LogP contribution in [0.1, 0.15) is 5.56 Å². The summed E-state index contributed by atoms with van der Waals surface area (Å²) in [4.78, 5) is 7.88. The molecule has 0 saturated heterocycles. The molecule has 0 amide bonds. The molecule has 0 aliphatic rings. The predicted octanol–water partition coefficient (Wildman–Crippen LogP) is 1.44. The van der Waals surface area contributed by atoms with E-state index in [-0.39, 0.29) is 11.9 Å². The fourth-order valence-corrected chi connectivity index (χ4v) is 1.85. The maximum absolute atomic E-state index is 8.98. The van der Waals surface area contributed by atoms with Crippen LogP contribution >= 0.6 is 0 Å². The maximum Gasteiger partial charge on any atom is 0.223 e. The quantitative estimate of drug-likeness (QED) is 0.567. The second kappa shape index (κ2) is 6.21. The monoisotopic (exact) mass is 278 g/mol. The molecule has 2 rings (SSSR count). The zero-order valence-corrected chi connectivity index (χ0v) is 11.2. The Morgan fingerprint density at radius 3 is 2.48 bits per heavy atom. The summed E-state index contributed by atoms with van der Waals surface area (Å²) in [5.74, 6) is -0.181. The van der Waals surface area contributed by atoms with Crippen LogP contribution in [0.15, 0.2) is 58.5 Å². The number of para-hydroxylation sites is 1. The summed E-state index contributed by atoms with van der Waals surface area (Å²) in [5.41, 5.74) is 19.1. The van der Waals surface area contributed by atoms with Gasteiger partial charge >= 0.3 is 0 Å². The van der Waals surface area contributed by atoms with Crippen molar-refractivity contribution in [3.63, 3.8) is 0 Å². The molecule has 0 aliphatic heterocycles. The highest BCUT2D eigenvalue weighted by molar-refractivity contribution is 5.94. The Kier molecular flexibility index (Phi) is 4.17. The van der Waals surface area contributed by atoms with E-state index >= 15 is 0 Å². The van der Waals surface area contributed by atoms with E-state index in [9.17, 15) is 0 Å². The molecule has 21 heavy (non-hydrogen) atoms. The smallest absolute Gasteiger partial charge is 0.223 e. The molecule has 0 spiro atoms. The van der Waals surface area contributed by atoms with Gasteiger partial charge in [0.2, 0.25) is 5.96 Å². The van der Waals surface area contributed by atoms with Gasteiger partial charge in [0, 0.05) is 5.56 Å². The van der Waals surface area contributed by atoms with Crippen LogP contribution in [0, 0.1) is 11.3 Å². The van der Waals surface area contributed by atoms with Crippen LogP contribution in [0.5, 0.6) is 0 Å². The van der Waals surface area contributed by atoms with E-state index in [2.05, 4.69) is 16.1 Å².